The highest BCUT2D eigenvalue weighted by Gasteiger charge is 2.14. The van der Waals surface area contributed by atoms with Crippen LogP contribution in [-0.4, -0.2) is 41.5 Å². The van der Waals surface area contributed by atoms with Crippen LogP contribution in [0.2, 0.25) is 0 Å². The standard InChI is InChI=1S/C19H20N4O3/c1-13-4-6-14(7-5-13)18-21-19(26-3)22-23(18)16-10-8-15(9-11-16)20-17(24)12-25-2/h4-11H,12H2,1-3H3,(H,20,24). The minimum absolute atomic E-state index is 0.0135. The van der Waals surface area contributed by atoms with E-state index >= 15 is 0 Å². The number of ether oxygens (including phenoxy) is 2. The molecule has 0 radical (unpaired) electrons. The Morgan fingerprint density at radius 1 is 1.08 bits per heavy atom. The summed E-state index contributed by atoms with van der Waals surface area (Å²) in [5.41, 5.74) is 3.59. The highest BCUT2D eigenvalue weighted by molar-refractivity contribution is 5.91. The summed E-state index contributed by atoms with van der Waals surface area (Å²) >= 11 is 0. The Morgan fingerprint density at radius 3 is 2.38 bits per heavy atom. The maximum atomic E-state index is 11.6. The van der Waals surface area contributed by atoms with Crippen molar-refractivity contribution in [3.63, 3.8) is 0 Å². The van der Waals surface area contributed by atoms with Crippen LogP contribution in [0.4, 0.5) is 5.69 Å². The first-order valence-electron chi connectivity index (χ1n) is 8.08. The van der Waals surface area contributed by atoms with Crippen molar-refractivity contribution in [3.05, 3.63) is 54.1 Å². The third-order valence-electron chi connectivity index (χ3n) is 3.75. The van der Waals surface area contributed by atoms with E-state index in [0.29, 0.717) is 11.5 Å². The van der Waals surface area contributed by atoms with E-state index in [1.165, 1.54) is 19.8 Å². The molecule has 0 aliphatic carbocycles. The summed E-state index contributed by atoms with van der Waals surface area (Å²) in [6, 6.07) is 15.6. The summed E-state index contributed by atoms with van der Waals surface area (Å²) in [6.07, 6.45) is 0. The number of anilines is 1. The van der Waals surface area contributed by atoms with Gasteiger partial charge in [0.05, 0.1) is 12.8 Å². The summed E-state index contributed by atoms with van der Waals surface area (Å²) < 4.78 is 11.7. The summed E-state index contributed by atoms with van der Waals surface area (Å²) in [6.45, 7) is 2.05. The molecule has 0 saturated carbocycles. The average Bonchev–Trinajstić information content (AvgIpc) is 3.07. The third kappa shape index (κ3) is 3.89. The van der Waals surface area contributed by atoms with Gasteiger partial charge in [-0.2, -0.15) is 4.98 Å². The highest BCUT2D eigenvalue weighted by Crippen LogP contribution is 2.24. The molecular weight excluding hydrogens is 332 g/mol. The van der Waals surface area contributed by atoms with Gasteiger partial charge in [-0.3, -0.25) is 4.79 Å². The Balaban J connectivity index is 1.92. The first-order chi connectivity index (χ1) is 12.6. The molecule has 2 aromatic carbocycles. The molecular formula is C19H20N4O3. The van der Waals surface area contributed by atoms with Crippen LogP contribution >= 0.6 is 0 Å². The smallest absolute Gasteiger partial charge is 0.336 e. The lowest BCUT2D eigenvalue weighted by Crippen LogP contribution is -2.17. The van der Waals surface area contributed by atoms with Gasteiger partial charge in [0.25, 0.3) is 0 Å². The lowest BCUT2D eigenvalue weighted by molar-refractivity contribution is -0.119. The van der Waals surface area contributed by atoms with Gasteiger partial charge in [0, 0.05) is 18.4 Å². The molecule has 0 fully saturated rings. The number of aromatic nitrogens is 3. The molecule has 0 unspecified atom stereocenters. The summed E-state index contributed by atoms with van der Waals surface area (Å²) in [7, 11) is 3.01. The normalized spacial score (nSPS) is 10.6. The molecule has 7 nitrogen and oxygen atoms in total. The number of nitrogens with one attached hydrogen (secondary N) is 1. The molecule has 7 heteroatoms. The van der Waals surface area contributed by atoms with Crippen LogP contribution in [-0.2, 0) is 9.53 Å². The lowest BCUT2D eigenvalue weighted by Gasteiger charge is -2.08. The molecule has 3 rings (SSSR count). The van der Waals surface area contributed by atoms with Gasteiger partial charge in [0.15, 0.2) is 5.82 Å². The maximum absolute atomic E-state index is 11.6. The van der Waals surface area contributed by atoms with E-state index in [4.69, 9.17) is 9.47 Å². The van der Waals surface area contributed by atoms with Gasteiger partial charge in [0.1, 0.15) is 6.61 Å². The van der Waals surface area contributed by atoms with Crippen molar-refractivity contribution in [1.82, 2.24) is 14.8 Å². The average molecular weight is 352 g/mol. The molecule has 0 aliphatic heterocycles. The van der Waals surface area contributed by atoms with Crippen LogP contribution in [0.1, 0.15) is 5.56 Å². The molecule has 0 spiro atoms. The van der Waals surface area contributed by atoms with Crippen LogP contribution in [0.15, 0.2) is 48.5 Å². The fraction of sp³-hybridized carbons (Fsp3) is 0.211. The second-order valence-electron chi connectivity index (χ2n) is 5.73. The van der Waals surface area contributed by atoms with E-state index < -0.39 is 0 Å². The number of nitrogens with zero attached hydrogens (tertiary/aromatic N) is 3. The molecule has 0 aliphatic rings. The van der Waals surface area contributed by atoms with Crippen molar-refractivity contribution >= 4 is 11.6 Å². The number of carbonyl (C=O) groups is 1. The van der Waals surface area contributed by atoms with E-state index in [1.54, 1.807) is 16.8 Å². The molecule has 1 aromatic heterocycles. The third-order valence-corrected chi connectivity index (χ3v) is 3.75. The molecule has 0 atom stereocenters. The fourth-order valence-electron chi connectivity index (χ4n) is 2.46. The van der Waals surface area contributed by atoms with E-state index in [2.05, 4.69) is 15.4 Å². The maximum Gasteiger partial charge on any atom is 0.336 e. The minimum atomic E-state index is -0.206. The number of methoxy groups -OCH3 is 2. The summed E-state index contributed by atoms with van der Waals surface area (Å²) in [4.78, 5) is 16.0. The SMILES string of the molecule is COCC(=O)Nc1ccc(-n2nc(OC)nc2-c2ccc(C)cc2)cc1. The fourth-order valence-corrected chi connectivity index (χ4v) is 2.46. The quantitative estimate of drug-likeness (QED) is 0.738. The first kappa shape index (κ1) is 17.6. The molecule has 1 amide bonds. The summed E-state index contributed by atoms with van der Waals surface area (Å²) in [5.74, 6) is 0.473. The van der Waals surface area contributed by atoms with Gasteiger partial charge in [-0.15, -0.1) is 5.10 Å². The van der Waals surface area contributed by atoms with Crippen molar-refractivity contribution in [3.8, 4) is 23.1 Å². The van der Waals surface area contributed by atoms with Crippen LogP contribution in [0.25, 0.3) is 17.1 Å². The van der Waals surface area contributed by atoms with Crippen molar-refractivity contribution in [1.29, 1.82) is 0 Å². The van der Waals surface area contributed by atoms with E-state index in [0.717, 1.165) is 11.3 Å². The summed E-state index contributed by atoms with van der Waals surface area (Å²) in [5, 5.41) is 7.15. The van der Waals surface area contributed by atoms with Gasteiger partial charge in [-0.1, -0.05) is 29.8 Å². The molecule has 1 N–H and O–H groups in total. The van der Waals surface area contributed by atoms with Crippen molar-refractivity contribution in [2.75, 3.05) is 26.1 Å². The van der Waals surface area contributed by atoms with Crippen molar-refractivity contribution in [2.45, 2.75) is 6.92 Å². The largest absolute Gasteiger partial charge is 0.466 e. The number of carbonyl (C=O) groups excluding carboxylic acids is 1. The molecule has 0 bridgehead atoms. The number of rotatable bonds is 6. The van der Waals surface area contributed by atoms with Gasteiger partial charge < -0.3 is 14.8 Å². The van der Waals surface area contributed by atoms with Gasteiger partial charge >= 0.3 is 6.01 Å². The van der Waals surface area contributed by atoms with Crippen LogP contribution in [0.5, 0.6) is 6.01 Å². The molecule has 134 valence electrons. The van der Waals surface area contributed by atoms with Crippen molar-refractivity contribution < 1.29 is 14.3 Å². The highest BCUT2D eigenvalue weighted by atomic mass is 16.5. The number of benzene rings is 2. The van der Waals surface area contributed by atoms with Gasteiger partial charge in [-0.05, 0) is 31.2 Å². The molecule has 3 aromatic rings. The number of amides is 1. The Labute approximate surface area is 151 Å². The minimum Gasteiger partial charge on any atom is -0.466 e. The van der Waals surface area contributed by atoms with Crippen LogP contribution < -0.4 is 10.1 Å². The Morgan fingerprint density at radius 2 is 1.77 bits per heavy atom. The number of hydrogen-bond donors (Lipinski definition) is 1. The Hall–Kier alpha value is -3.19. The van der Waals surface area contributed by atoms with Crippen LogP contribution in [0.3, 0.4) is 0 Å². The van der Waals surface area contributed by atoms with Gasteiger partial charge in [-0.25, -0.2) is 4.68 Å². The predicted molar refractivity (Wildman–Crippen MR) is 98.6 cm³/mol. The first-order valence-corrected chi connectivity index (χ1v) is 8.08. The molecule has 1 heterocycles. The van der Waals surface area contributed by atoms with Gasteiger partial charge in [0.2, 0.25) is 5.91 Å². The zero-order chi connectivity index (χ0) is 18.5. The zero-order valence-corrected chi connectivity index (χ0v) is 14.9. The van der Waals surface area contributed by atoms with E-state index in [1.807, 2.05) is 43.3 Å². The zero-order valence-electron chi connectivity index (χ0n) is 14.9. The predicted octanol–water partition coefficient (Wildman–Crippen LogP) is 2.84. The Kier molecular flexibility index (Phi) is 5.28. The monoisotopic (exact) mass is 352 g/mol. The second-order valence-corrected chi connectivity index (χ2v) is 5.73. The second kappa shape index (κ2) is 7.79. The number of hydrogen-bond acceptors (Lipinski definition) is 5. The topological polar surface area (TPSA) is 78.3 Å². The van der Waals surface area contributed by atoms with E-state index in [-0.39, 0.29) is 18.5 Å². The Bertz CT molecular complexity index is 886. The molecule has 0 saturated heterocycles. The van der Waals surface area contributed by atoms with Crippen LogP contribution in [0, 0.1) is 6.92 Å². The molecule has 26 heavy (non-hydrogen) atoms. The van der Waals surface area contributed by atoms with Crippen molar-refractivity contribution in [2.24, 2.45) is 0 Å². The van der Waals surface area contributed by atoms with E-state index in [9.17, 15) is 4.79 Å². The lowest BCUT2D eigenvalue weighted by atomic mass is 10.1. The number of aryl methyl sites for hydroxylation is 1.